The fourth-order valence-electron chi connectivity index (χ4n) is 2.18. The molecule has 0 amide bonds. The van der Waals surface area contributed by atoms with E-state index in [2.05, 4.69) is 22.0 Å². The van der Waals surface area contributed by atoms with Crippen LogP contribution in [0.5, 0.6) is 5.75 Å². The summed E-state index contributed by atoms with van der Waals surface area (Å²) in [5.74, 6) is 5.06. The van der Waals surface area contributed by atoms with E-state index in [1.165, 1.54) is 0 Å². The number of nitrogen functional groups attached to an aromatic ring is 1. The highest BCUT2D eigenvalue weighted by molar-refractivity contribution is 6.03. The number of benzene rings is 1. The Labute approximate surface area is 149 Å². The molecule has 26 heavy (non-hydrogen) atoms. The molecule has 0 radical (unpaired) electrons. The van der Waals surface area contributed by atoms with E-state index in [0.29, 0.717) is 23.5 Å². The van der Waals surface area contributed by atoms with Crippen LogP contribution in [0, 0.1) is 0 Å². The number of anilines is 1. The molecule has 1 aromatic heterocycles. The number of allylic oxidation sites excluding steroid dienone is 1. The molecule has 0 aliphatic rings. The second-order valence-corrected chi connectivity index (χ2v) is 5.13. The number of hydrogen-bond donors (Lipinski definition) is 3. The van der Waals surface area contributed by atoms with Gasteiger partial charge in [-0.2, -0.15) is 0 Å². The molecule has 0 aliphatic heterocycles. The number of hydrazine groups is 1. The molecule has 2 rings (SSSR count). The lowest BCUT2D eigenvalue weighted by atomic mass is 10.0. The van der Waals surface area contributed by atoms with Crippen LogP contribution in [-0.2, 0) is 0 Å². The van der Waals surface area contributed by atoms with Crippen molar-refractivity contribution in [2.24, 2.45) is 10.8 Å². The molecule has 0 spiro atoms. The number of amidine groups is 1. The molecule has 5 N–H and O–H groups in total. The van der Waals surface area contributed by atoms with E-state index in [1.807, 2.05) is 31.2 Å². The standard InChI is InChI=1S/C18H19F2N5O/c1-3-26-14-6-4-5-12(7-14)13-8-15(17(21)23-10-13)18(25-22)24-11(2)16(20)9-19/h4-10H,2-3,22H2,1H3,(H2,21,23)(H,24,25)/b16-9-. The molecule has 0 unspecified atom stereocenters. The summed E-state index contributed by atoms with van der Waals surface area (Å²) < 4.78 is 31.0. The highest BCUT2D eigenvalue weighted by atomic mass is 19.2. The van der Waals surface area contributed by atoms with Crippen molar-refractivity contribution in [1.29, 1.82) is 0 Å². The monoisotopic (exact) mass is 359 g/mol. The van der Waals surface area contributed by atoms with E-state index in [9.17, 15) is 8.78 Å². The van der Waals surface area contributed by atoms with Crippen molar-refractivity contribution in [2.45, 2.75) is 6.92 Å². The zero-order valence-corrected chi connectivity index (χ0v) is 14.2. The van der Waals surface area contributed by atoms with E-state index in [4.69, 9.17) is 16.3 Å². The SMILES string of the molecule is C=C(N=C(NN)c1cc(-c2cccc(OCC)c2)cnc1N)/C(F)=C/F. The predicted octanol–water partition coefficient (Wildman–Crippen LogP) is 3.23. The van der Waals surface area contributed by atoms with Gasteiger partial charge in [0.15, 0.2) is 11.7 Å². The first kappa shape index (κ1) is 19.1. The number of aromatic nitrogens is 1. The molecule has 0 saturated carbocycles. The van der Waals surface area contributed by atoms with Gasteiger partial charge in [-0.05, 0) is 30.7 Å². The van der Waals surface area contributed by atoms with Crippen molar-refractivity contribution >= 4 is 11.7 Å². The molecule has 2 aromatic rings. The fourth-order valence-corrected chi connectivity index (χ4v) is 2.18. The molecule has 1 aromatic carbocycles. The van der Waals surface area contributed by atoms with E-state index >= 15 is 0 Å². The molecule has 8 heteroatoms. The zero-order valence-electron chi connectivity index (χ0n) is 14.2. The largest absolute Gasteiger partial charge is 0.494 e. The Morgan fingerprint density at radius 3 is 2.81 bits per heavy atom. The van der Waals surface area contributed by atoms with Crippen molar-refractivity contribution in [3.8, 4) is 16.9 Å². The summed E-state index contributed by atoms with van der Waals surface area (Å²) in [7, 11) is 0. The van der Waals surface area contributed by atoms with Crippen molar-refractivity contribution in [3.05, 3.63) is 66.5 Å². The summed E-state index contributed by atoms with van der Waals surface area (Å²) in [5.41, 5.74) is 9.61. The lowest BCUT2D eigenvalue weighted by Gasteiger charge is -2.11. The van der Waals surface area contributed by atoms with Gasteiger partial charge in [-0.25, -0.2) is 24.6 Å². The summed E-state index contributed by atoms with van der Waals surface area (Å²) in [6.07, 6.45) is 1.34. The smallest absolute Gasteiger partial charge is 0.176 e. The molecule has 0 saturated heterocycles. The second kappa shape index (κ2) is 8.72. The first-order chi connectivity index (χ1) is 12.5. The van der Waals surface area contributed by atoms with Gasteiger partial charge in [0, 0.05) is 11.8 Å². The first-order valence-corrected chi connectivity index (χ1v) is 7.69. The lowest BCUT2D eigenvalue weighted by molar-refractivity contribution is 0.340. The number of halogens is 2. The van der Waals surface area contributed by atoms with E-state index < -0.39 is 11.5 Å². The first-order valence-electron chi connectivity index (χ1n) is 7.69. The number of nitrogens with two attached hydrogens (primary N) is 2. The van der Waals surface area contributed by atoms with Gasteiger partial charge in [0.1, 0.15) is 17.9 Å². The van der Waals surface area contributed by atoms with Crippen LogP contribution in [0.3, 0.4) is 0 Å². The Balaban J connectivity index is 2.48. The Bertz CT molecular complexity index is 864. The normalized spacial score (nSPS) is 12.0. The maximum atomic E-state index is 13.2. The van der Waals surface area contributed by atoms with Crippen LogP contribution >= 0.6 is 0 Å². The van der Waals surface area contributed by atoms with Gasteiger partial charge >= 0.3 is 0 Å². The van der Waals surface area contributed by atoms with Crippen LogP contribution in [0.15, 0.2) is 66.0 Å². The lowest BCUT2D eigenvalue weighted by Crippen LogP contribution is -2.32. The number of ether oxygens (including phenoxy) is 1. The maximum absolute atomic E-state index is 13.2. The average molecular weight is 359 g/mol. The molecule has 0 aliphatic carbocycles. The molecule has 1 heterocycles. The molecular weight excluding hydrogens is 340 g/mol. The third kappa shape index (κ3) is 4.42. The van der Waals surface area contributed by atoms with Gasteiger partial charge in [0.2, 0.25) is 0 Å². The quantitative estimate of drug-likeness (QED) is 0.242. The van der Waals surface area contributed by atoms with Crippen LogP contribution in [-0.4, -0.2) is 17.4 Å². The minimum Gasteiger partial charge on any atom is -0.494 e. The van der Waals surface area contributed by atoms with E-state index in [1.54, 1.807) is 12.3 Å². The van der Waals surface area contributed by atoms with E-state index in [0.717, 1.165) is 5.56 Å². The topological polar surface area (TPSA) is 98.5 Å². The third-order valence-corrected chi connectivity index (χ3v) is 3.41. The summed E-state index contributed by atoms with van der Waals surface area (Å²) in [4.78, 5) is 7.96. The summed E-state index contributed by atoms with van der Waals surface area (Å²) in [6.45, 7) is 5.77. The number of nitrogens with one attached hydrogen (secondary N) is 1. The van der Waals surface area contributed by atoms with Crippen LogP contribution in [0.4, 0.5) is 14.6 Å². The van der Waals surface area contributed by atoms with Gasteiger partial charge in [-0.3, -0.25) is 0 Å². The van der Waals surface area contributed by atoms with Crippen molar-refractivity contribution in [3.63, 3.8) is 0 Å². The number of nitrogens with zero attached hydrogens (tertiary/aromatic N) is 2. The van der Waals surface area contributed by atoms with Gasteiger partial charge in [0.25, 0.3) is 0 Å². The van der Waals surface area contributed by atoms with Gasteiger partial charge in [-0.1, -0.05) is 18.7 Å². The highest BCUT2D eigenvalue weighted by Crippen LogP contribution is 2.26. The number of aliphatic imine (C=N–C) groups is 1. The molecule has 6 nitrogen and oxygen atoms in total. The third-order valence-electron chi connectivity index (χ3n) is 3.41. The van der Waals surface area contributed by atoms with Crippen LogP contribution in [0.1, 0.15) is 12.5 Å². The van der Waals surface area contributed by atoms with Gasteiger partial charge in [-0.15, -0.1) is 0 Å². The van der Waals surface area contributed by atoms with E-state index in [-0.39, 0.29) is 18.0 Å². The Morgan fingerprint density at radius 2 is 2.15 bits per heavy atom. The fraction of sp³-hybridized carbons (Fsp3) is 0.111. The highest BCUT2D eigenvalue weighted by Gasteiger charge is 2.12. The second-order valence-electron chi connectivity index (χ2n) is 5.13. The van der Waals surface area contributed by atoms with Crippen molar-refractivity contribution in [1.82, 2.24) is 10.4 Å². The molecule has 136 valence electrons. The predicted molar refractivity (Wildman–Crippen MR) is 98.6 cm³/mol. The Kier molecular flexibility index (Phi) is 6.40. The molecular formula is C18H19F2N5O. The number of rotatable bonds is 6. The average Bonchev–Trinajstić information content (AvgIpc) is 2.66. The van der Waals surface area contributed by atoms with Gasteiger partial charge < -0.3 is 15.9 Å². The zero-order chi connectivity index (χ0) is 19.1. The Hall–Kier alpha value is -3.26. The van der Waals surface area contributed by atoms with Crippen molar-refractivity contribution in [2.75, 3.05) is 12.3 Å². The minimum absolute atomic E-state index is 0.000173. The maximum Gasteiger partial charge on any atom is 0.176 e. The summed E-state index contributed by atoms with van der Waals surface area (Å²) in [6, 6.07) is 9.07. The van der Waals surface area contributed by atoms with Crippen LogP contribution in [0.2, 0.25) is 0 Å². The minimum atomic E-state index is -1.22. The summed E-state index contributed by atoms with van der Waals surface area (Å²) in [5, 5.41) is 0. The van der Waals surface area contributed by atoms with Crippen molar-refractivity contribution < 1.29 is 13.5 Å². The number of pyridine rings is 1. The van der Waals surface area contributed by atoms with Crippen LogP contribution < -0.4 is 21.7 Å². The summed E-state index contributed by atoms with van der Waals surface area (Å²) >= 11 is 0. The van der Waals surface area contributed by atoms with Gasteiger partial charge in [0.05, 0.1) is 17.9 Å². The Morgan fingerprint density at radius 1 is 1.38 bits per heavy atom. The molecule has 0 bridgehead atoms. The van der Waals surface area contributed by atoms with Crippen LogP contribution in [0.25, 0.3) is 11.1 Å². The number of hydrogen-bond acceptors (Lipinski definition) is 5. The molecule has 0 fully saturated rings. The molecule has 0 atom stereocenters.